The second-order valence-electron chi connectivity index (χ2n) is 1.71. The van der Waals surface area contributed by atoms with Gasteiger partial charge in [-0.1, -0.05) is 6.07 Å². The molecule has 0 spiro atoms. The summed E-state index contributed by atoms with van der Waals surface area (Å²) in [6, 6.07) is 3.94. The van der Waals surface area contributed by atoms with Gasteiger partial charge in [-0.3, -0.25) is 4.79 Å². The molecule has 0 saturated carbocycles. The fourth-order valence-corrected chi connectivity index (χ4v) is 1.35. The van der Waals surface area contributed by atoms with Crippen LogP contribution in [0.15, 0.2) is 17.5 Å². The number of carbonyl (C=O) groups excluding carboxylic acids is 1. The molecule has 1 aromatic rings. The highest BCUT2D eigenvalue weighted by atomic mass is 79.9. The average Bonchev–Trinajstić information content (AvgIpc) is 2.34. The van der Waals surface area contributed by atoms with E-state index >= 15 is 0 Å². The first-order chi connectivity index (χ1) is 4.79. The predicted octanol–water partition coefficient (Wildman–Crippen LogP) is 2.35. The molecule has 54 valence electrons. The van der Waals surface area contributed by atoms with Crippen molar-refractivity contribution in [2.45, 2.75) is 6.54 Å². The number of rotatable bonds is 2. The van der Waals surface area contributed by atoms with Crippen LogP contribution in [0.1, 0.15) is 4.88 Å². The molecule has 0 aliphatic rings. The van der Waals surface area contributed by atoms with Crippen molar-refractivity contribution >= 4 is 32.1 Å². The molecule has 0 saturated heterocycles. The van der Waals surface area contributed by atoms with Gasteiger partial charge in [0.25, 0.3) is 4.82 Å². The van der Waals surface area contributed by atoms with Crippen LogP contribution in [0.25, 0.3) is 0 Å². The first kappa shape index (κ1) is 7.75. The number of hydrogen-bond acceptors (Lipinski definition) is 2. The topological polar surface area (TPSA) is 29.1 Å². The molecule has 0 aromatic carbocycles. The first-order valence-corrected chi connectivity index (χ1v) is 4.42. The molecule has 2 nitrogen and oxygen atoms in total. The van der Waals surface area contributed by atoms with E-state index in [-0.39, 0.29) is 4.82 Å². The summed E-state index contributed by atoms with van der Waals surface area (Å²) in [5.41, 5.74) is 0. The van der Waals surface area contributed by atoms with Gasteiger partial charge in [0.1, 0.15) is 0 Å². The molecule has 1 rings (SSSR count). The van der Waals surface area contributed by atoms with Crippen LogP contribution in [0.4, 0.5) is 4.79 Å². The van der Waals surface area contributed by atoms with Crippen LogP contribution in [0.5, 0.6) is 0 Å². The lowest BCUT2D eigenvalue weighted by Gasteiger charge is -1.94. The van der Waals surface area contributed by atoms with Crippen molar-refractivity contribution in [3.05, 3.63) is 22.4 Å². The zero-order valence-corrected chi connectivity index (χ0v) is 7.54. The van der Waals surface area contributed by atoms with E-state index in [0.29, 0.717) is 6.54 Å². The maximum absolute atomic E-state index is 10.3. The van der Waals surface area contributed by atoms with Crippen molar-refractivity contribution in [1.29, 1.82) is 0 Å². The highest BCUT2D eigenvalue weighted by Gasteiger charge is 1.94. The lowest BCUT2D eigenvalue weighted by Crippen LogP contribution is -2.13. The standard InChI is InChI=1S/C6H6BrNOS/c7-6(9)8-4-5-2-1-3-10-5/h1-3H,4H2,(H,8,9). The van der Waals surface area contributed by atoms with Gasteiger partial charge in [-0.25, -0.2) is 0 Å². The summed E-state index contributed by atoms with van der Waals surface area (Å²) in [5, 5.41) is 4.62. The minimum atomic E-state index is -0.166. The van der Waals surface area contributed by atoms with Crippen LogP contribution in [0.2, 0.25) is 0 Å². The maximum Gasteiger partial charge on any atom is 0.287 e. The maximum atomic E-state index is 10.3. The first-order valence-electron chi connectivity index (χ1n) is 2.75. The van der Waals surface area contributed by atoms with E-state index in [9.17, 15) is 4.79 Å². The van der Waals surface area contributed by atoms with Crippen molar-refractivity contribution in [2.24, 2.45) is 0 Å². The molecule has 0 fully saturated rings. The molecule has 4 heteroatoms. The predicted molar refractivity (Wildman–Crippen MR) is 45.5 cm³/mol. The molecule has 1 aromatic heterocycles. The van der Waals surface area contributed by atoms with Gasteiger partial charge in [-0.15, -0.1) is 11.3 Å². The largest absolute Gasteiger partial charge is 0.342 e. The lowest BCUT2D eigenvalue weighted by atomic mass is 10.5. The van der Waals surface area contributed by atoms with E-state index in [4.69, 9.17) is 0 Å². The summed E-state index contributed by atoms with van der Waals surface area (Å²) in [6.45, 7) is 0.613. The summed E-state index contributed by atoms with van der Waals surface area (Å²) in [5.74, 6) is 0. The van der Waals surface area contributed by atoms with Gasteiger partial charge in [0, 0.05) is 20.8 Å². The van der Waals surface area contributed by atoms with Crippen molar-refractivity contribution < 1.29 is 4.79 Å². The average molecular weight is 220 g/mol. The van der Waals surface area contributed by atoms with E-state index in [2.05, 4.69) is 21.2 Å². The number of amides is 1. The summed E-state index contributed by atoms with van der Waals surface area (Å²) in [4.78, 5) is 11.3. The molecule has 1 amide bonds. The SMILES string of the molecule is O=C(Br)NCc1cccs1. The zero-order chi connectivity index (χ0) is 7.40. The van der Waals surface area contributed by atoms with Gasteiger partial charge < -0.3 is 5.32 Å². The normalized spacial score (nSPS) is 9.30. The van der Waals surface area contributed by atoms with Crippen LogP contribution in [0, 0.1) is 0 Å². The number of thiophene rings is 1. The van der Waals surface area contributed by atoms with Crippen LogP contribution >= 0.6 is 27.3 Å². The summed E-state index contributed by atoms with van der Waals surface area (Å²) in [7, 11) is 0. The highest BCUT2D eigenvalue weighted by Crippen LogP contribution is 2.07. The third kappa shape index (κ3) is 2.49. The fraction of sp³-hybridized carbons (Fsp3) is 0.167. The monoisotopic (exact) mass is 219 g/mol. The molecule has 0 bridgehead atoms. The Hall–Kier alpha value is -0.350. The van der Waals surface area contributed by atoms with E-state index in [1.165, 1.54) is 0 Å². The summed E-state index contributed by atoms with van der Waals surface area (Å²) in [6.07, 6.45) is 0. The van der Waals surface area contributed by atoms with Gasteiger partial charge in [0.2, 0.25) is 0 Å². The molecule has 0 aliphatic heterocycles. The van der Waals surface area contributed by atoms with E-state index < -0.39 is 0 Å². The molecular weight excluding hydrogens is 214 g/mol. The number of halogens is 1. The smallest absolute Gasteiger partial charge is 0.287 e. The van der Waals surface area contributed by atoms with Crippen LogP contribution < -0.4 is 5.32 Å². The van der Waals surface area contributed by atoms with E-state index in [1.54, 1.807) is 11.3 Å². The minimum absolute atomic E-state index is 0.166. The van der Waals surface area contributed by atoms with Crippen LogP contribution in [0.3, 0.4) is 0 Å². The lowest BCUT2D eigenvalue weighted by molar-refractivity contribution is 0.261. The summed E-state index contributed by atoms with van der Waals surface area (Å²) < 4.78 is 0. The number of nitrogens with one attached hydrogen (secondary N) is 1. The Labute approximate surface area is 71.4 Å². The molecule has 10 heavy (non-hydrogen) atoms. The molecule has 0 aliphatic carbocycles. The van der Waals surface area contributed by atoms with Crippen molar-refractivity contribution in [3.8, 4) is 0 Å². The molecule has 0 radical (unpaired) electrons. The Morgan fingerprint density at radius 2 is 2.60 bits per heavy atom. The highest BCUT2D eigenvalue weighted by molar-refractivity contribution is 9.18. The Morgan fingerprint density at radius 1 is 1.80 bits per heavy atom. The van der Waals surface area contributed by atoms with Crippen molar-refractivity contribution in [2.75, 3.05) is 0 Å². The number of hydrogen-bond donors (Lipinski definition) is 1. The second-order valence-corrected chi connectivity index (χ2v) is 3.46. The fourth-order valence-electron chi connectivity index (χ4n) is 0.570. The van der Waals surface area contributed by atoms with Crippen molar-refractivity contribution in [3.63, 3.8) is 0 Å². The van der Waals surface area contributed by atoms with Gasteiger partial charge in [-0.2, -0.15) is 0 Å². The van der Waals surface area contributed by atoms with Gasteiger partial charge in [0.15, 0.2) is 0 Å². The Kier molecular flexibility index (Phi) is 2.89. The van der Waals surface area contributed by atoms with Crippen molar-refractivity contribution in [1.82, 2.24) is 5.32 Å². The number of carbonyl (C=O) groups is 1. The molecular formula is C6H6BrNOS. The molecule has 1 heterocycles. The van der Waals surface area contributed by atoms with Gasteiger partial charge >= 0.3 is 0 Å². The summed E-state index contributed by atoms with van der Waals surface area (Å²) >= 11 is 4.40. The molecule has 0 unspecified atom stereocenters. The third-order valence-corrected chi connectivity index (χ3v) is 2.14. The quantitative estimate of drug-likeness (QED) is 0.601. The van der Waals surface area contributed by atoms with Crippen LogP contribution in [-0.4, -0.2) is 4.82 Å². The van der Waals surface area contributed by atoms with E-state index in [1.807, 2.05) is 17.5 Å². The third-order valence-electron chi connectivity index (χ3n) is 0.982. The minimum Gasteiger partial charge on any atom is -0.342 e. The molecule has 1 N–H and O–H groups in total. The Bertz CT molecular complexity index is 210. The zero-order valence-electron chi connectivity index (χ0n) is 5.13. The van der Waals surface area contributed by atoms with Gasteiger partial charge in [-0.05, 0) is 11.4 Å². The van der Waals surface area contributed by atoms with Crippen LogP contribution in [-0.2, 0) is 6.54 Å². The second kappa shape index (κ2) is 3.73. The Balaban J connectivity index is 2.35. The Morgan fingerprint density at radius 3 is 3.10 bits per heavy atom. The van der Waals surface area contributed by atoms with Gasteiger partial charge in [0.05, 0.1) is 6.54 Å². The van der Waals surface area contributed by atoms with E-state index in [0.717, 1.165) is 4.88 Å². The molecule has 0 atom stereocenters.